The van der Waals surface area contributed by atoms with E-state index in [4.69, 9.17) is 4.52 Å². The van der Waals surface area contributed by atoms with Gasteiger partial charge >= 0.3 is 0 Å². The Kier molecular flexibility index (Phi) is 6.08. The fourth-order valence-electron chi connectivity index (χ4n) is 2.28. The molecule has 8 nitrogen and oxygen atoms in total. The summed E-state index contributed by atoms with van der Waals surface area (Å²) in [4.78, 5) is 16.2. The van der Waals surface area contributed by atoms with Gasteiger partial charge in [-0.1, -0.05) is 12.1 Å². The number of aryl methyl sites for hydroxylation is 3. The molecule has 0 unspecified atom stereocenters. The average molecular weight is 335 g/mol. The van der Waals surface area contributed by atoms with E-state index in [0.29, 0.717) is 36.5 Å². The van der Waals surface area contributed by atoms with Crippen molar-refractivity contribution in [1.29, 1.82) is 0 Å². The monoisotopic (exact) mass is 335 g/mol. The van der Waals surface area contributed by atoms with Gasteiger partial charge in [-0.25, -0.2) is 0 Å². The summed E-state index contributed by atoms with van der Waals surface area (Å²) in [6, 6.07) is 0. The summed E-state index contributed by atoms with van der Waals surface area (Å²) in [7, 11) is 1.78. The summed E-state index contributed by atoms with van der Waals surface area (Å²) < 4.78 is 6.75. The standard InChI is InChI=1S/C16H25N5O3/c1-4-6-13-19-15(24-20-13)8-5-7-14(22)17-11-16(2,23)12-9-18-21(3)10-12/h9-10,23H,4-8,11H2,1-3H3,(H,17,22)/t16-/m1/s1. The lowest BCUT2D eigenvalue weighted by Gasteiger charge is -2.22. The Balaban J connectivity index is 1.71. The molecule has 0 saturated carbocycles. The van der Waals surface area contributed by atoms with E-state index in [-0.39, 0.29) is 12.5 Å². The Morgan fingerprint density at radius 2 is 2.25 bits per heavy atom. The molecular formula is C16H25N5O3. The van der Waals surface area contributed by atoms with Crippen LogP contribution in [0.1, 0.15) is 50.4 Å². The number of nitrogens with zero attached hydrogens (tertiary/aromatic N) is 4. The third-order valence-electron chi connectivity index (χ3n) is 3.73. The maximum Gasteiger partial charge on any atom is 0.226 e. The van der Waals surface area contributed by atoms with Crippen molar-refractivity contribution in [3.63, 3.8) is 0 Å². The molecule has 2 N–H and O–H groups in total. The zero-order valence-corrected chi connectivity index (χ0v) is 14.4. The Morgan fingerprint density at radius 1 is 1.46 bits per heavy atom. The fraction of sp³-hybridized carbons (Fsp3) is 0.625. The van der Waals surface area contributed by atoms with Crippen LogP contribution in [-0.4, -0.2) is 37.5 Å². The summed E-state index contributed by atoms with van der Waals surface area (Å²) in [5.41, 5.74) is -0.481. The molecule has 2 aromatic heterocycles. The van der Waals surface area contributed by atoms with Crippen molar-refractivity contribution >= 4 is 5.91 Å². The second-order valence-electron chi connectivity index (χ2n) is 6.16. The zero-order valence-electron chi connectivity index (χ0n) is 14.4. The van der Waals surface area contributed by atoms with Gasteiger partial charge in [-0.2, -0.15) is 10.1 Å². The van der Waals surface area contributed by atoms with Gasteiger partial charge in [-0.15, -0.1) is 0 Å². The average Bonchev–Trinajstić information content (AvgIpc) is 3.15. The summed E-state index contributed by atoms with van der Waals surface area (Å²) in [6.45, 7) is 3.84. The second-order valence-corrected chi connectivity index (χ2v) is 6.16. The zero-order chi connectivity index (χ0) is 17.6. The van der Waals surface area contributed by atoms with E-state index < -0.39 is 5.60 Å². The van der Waals surface area contributed by atoms with Crippen LogP contribution in [0.2, 0.25) is 0 Å². The number of hydrogen-bond acceptors (Lipinski definition) is 6. The molecule has 0 spiro atoms. The van der Waals surface area contributed by atoms with Gasteiger partial charge in [0.25, 0.3) is 0 Å². The number of amides is 1. The number of carbonyl (C=O) groups is 1. The molecule has 0 saturated heterocycles. The first-order chi connectivity index (χ1) is 11.4. The lowest BCUT2D eigenvalue weighted by molar-refractivity contribution is -0.122. The van der Waals surface area contributed by atoms with Gasteiger partial charge in [0, 0.05) is 38.1 Å². The lowest BCUT2D eigenvalue weighted by Crippen LogP contribution is -2.38. The second kappa shape index (κ2) is 8.05. The third kappa shape index (κ3) is 5.16. The highest BCUT2D eigenvalue weighted by Gasteiger charge is 2.25. The summed E-state index contributed by atoms with van der Waals surface area (Å²) in [6.07, 6.45) is 6.63. The molecule has 24 heavy (non-hydrogen) atoms. The van der Waals surface area contributed by atoms with Crippen LogP contribution in [0.5, 0.6) is 0 Å². The van der Waals surface area contributed by atoms with E-state index >= 15 is 0 Å². The largest absolute Gasteiger partial charge is 0.383 e. The van der Waals surface area contributed by atoms with Crippen LogP contribution in [0.25, 0.3) is 0 Å². The number of hydrogen-bond donors (Lipinski definition) is 2. The van der Waals surface area contributed by atoms with E-state index in [2.05, 4.69) is 27.5 Å². The Morgan fingerprint density at radius 3 is 2.92 bits per heavy atom. The van der Waals surface area contributed by atoms with Gasteiger partial charge in [0.15, 0.2) is 5.82 Å². The topological polar surface area (TPSA) is 106 Å². The SMILES string of the molecule is CCCc1noc(CCCC(=O)NC[C@@](C)(O)c2cnn(C)c2)n1. The number of aliphatic hydroxyl groups is 1. The molecule has 0 aliphatic heterocycles. The molecular weight excluding hydrogens is 310 g/mol. The maximum atomic E-state index is 11.9. The maximum absolute atomic E-state index is 11.9. The van der Waals surface area contributed by atoms with Crippen LogP contribution >= 0.6 is 0 Å². The Bertz CT molecular complexity index is 662. The van der Waals surface area contributed by atoms with Crippen molar-refractivity contribution in [3.05, 3.63) is 29.7 Å². The minimum Gasteiger partial charge on any atom is -0.383 e. The van der Waals surface area contributed by atoms with Gasteiger partial charge in [0.2, 0.25) is 11.8 Å². The number of aromatic nitrogens is 4. The normalized spacial score (nSPS) is 13.7. The van der Waals surface area contributed by atoms with Crippen LogP contribution in [0, 0.1) is 0 Å². The molecule has 2 aromatic rings. The Labute approximate surface area is 141 Å². The minimum atomic E-state index is -1.15. The van der Waals surface area contributed by atoms with Crippen molar-refractivity contribution in [3.8, 4) is 0 Å². The van der Waals surface area contributed by atoms with Crippen LogP contribution < -0.4 is 5.32 Å². The predicted octanol–water partition coefficient (Wildman–Crippen LogP) is 1.10. The van der Waals surface area contributed by atoms with Crippen molar-refractivity contribution in [2.24, 2.45) is 7.05 Å². The van der Waals surface area contributed by atoms with Gasteiger partial charge < -0.3 is 14.9 Å². The predicted molar refractivity (Wildman–Crippen MR) is 87.0 cm³/mol. The number of carbonyl (C=O) groups excluding carboxylic acids is 1. The van der Waals surface area contributed by atoms with Crippen molar-refractivity contribution in [2.45, 2.75) is 51.6 Å². The van der Waals surface area contributed by atoms with Crippen LogP contribution in [0.15, 0.2) is 16.9 Å². The smallest absolute Gasteiger partial charge is 0.226 e. The van der Waals surface area contributed by atoms with Crippen molar-refractivity contribution < 1.29 is 14.4 Å². The van der Waals surface area contributed by atoms with Crippen molar-refractivity contribution in [1.82, 2.24) is 25.2 Å². The lowest BCUT2D eigenvalue weighted by atomic mass is 9.99. The molecule has 1 atom stereocenters. The summed E-state index contributed by atoms with van der Waals surface area (Å²) in [5, 5.41) is 21.1. The van der Waals surface area contributed by atoms with E-state index in [1.807, 2.05) is 0 Å². The molecule has 0 aliphatic carbocycles. The third-order valence-corrected chi connectivity index (χ3v) is 3.73. The highest BCUT2D eigenvalue weighted by molar-refractivity contribution is 5.75. The van der Waals surface area contributed by atoms with E-state index in [9.17, 15) is 9.90 Å². The number of rotatable bonds is 9. The van der Waals surface area contributed by atoms with Gasteiger partial charge in [-0.3, -0.25) is 9.48 Å². The van der Waals surface area contributed by atoms with E-state index in [1.165, 1.54) is 0 Å². The quantitative estimate of drug-likeness (QED) is 0.711. The van der Waals surface area contributed by atoms with Crippen LogP contribution in [0.3, 0.4) is 0 Å². The molecule has 0 aliphatic rings. The minimum absolute atomic E-state index is 0.118. The molecule has 0 fully saturated rings. The Hall–Kier alpha value is -2.22. The molecule has 8 heteroatoms. The molecule has 132 valence electrons. The highest BCUT2D eigenvalue weighted by atomic mass is 16.5. The van der Waals surface area contributed by atoms with Crippen LogP contribution in [0.4, 0.5) is 0 Å². The molecule has 0 aromatic carbocycles. The van der Waals surface area contributed by atoms with Gasteiger partial charge in [0.05, 0.1) is 12.7 Å². The molecule has 0 bridgehead atoms. The first-order valence-electron chi connectivity index (χ1n) is 8.20. The van der Waals surface area contributed by atoms with Gasteiger partial charge in [0.1, 0.15) is 5.60 Å². The first-order valence-corrected chi connectivity index (χ1v) is 8.20. The summed E-state index contributed by atoms with van der Waals surface area (Å²) >= 11 is 0. The van der Waals surface area contributed by atoms with E-state index in [0.717, 1.165) is 12.8 Å². The van der Waals surface area contributed by atoms with Gasteiger partial charge in [-0.05, 0) is 19.8 Å². The highest BCUT2D eigenvalue weighted by Crippen LogP contribution is 2.18. The first kappa shape index (κ1) is 18.1. The fourth-order valence-corrected chi connectivity index (χ4v) is 2.28. The number of nitrogens with one attached hydrogen (secondary N) is 1. The summed E-state index contributed by atoms with van der Waals surface area (Å²) in [5.74, 6) is 1.16. The molecule has 2 heterocycles. The van der Waals surface area contributed by atoms with E-state index in [1.54, 1.807) is 31.0 Å². The molecule has 1 amide bonds. The van der Waals surface area contributed by atoms with Crippen molar-refractivity contribution in [2.75, 3.05) is 6.54 Å². The molecule has 0 radical (unpaired) electrons. The van der Waals surface area contributed by atoms with Crippen LogP contribution in [-0.2, 0) is 30.3 Å². The molecule has 2 rings (SSSR count).